The van der Waals surface area contributed by atoms with E-state index in [0.29, 0.717) is 0 Å². The monoisotopic (exact) mass is 267 g/mol. The van der Waals surface area contributed by atoms with Crippen molar-refractivity contribution in [2.75, 3.05) is 6.61 Å². The largest absolute Gasteiger partial charge is 0.394 e. The van der Waals surface area contributed by atoms with Crippen LogP contribution in [0.1, 0.15) is 13.8 Å². The maximum absolute atomic E-state index is 11.1. The third-order valence-corrected chi connectivity index (χ3v) is 2.98. The summed E-state index contributed by atoms with van der Waals surface area (Å²) < 4.78 is 0. The topological polar surface area (TPSA) is 164 Å². The molecule has 8 N–H and O–H groups in total. The Kier molecular flexibility index (Phi) is 6.14. The van der Waals surface area contributed by atoms with Crippen LogP contribution in [0.4, 0.5) is 0 Å². The van der Waals surface area contributed by atoms with E-state index in [1.165, 1.54) is 13.8 Å². The van der Waals surface area contributed by atoms with Gasteiger partial charge in [-0.2, -0.15) is 0 Å². The van der Waals surface area contributed by atoms with Gasteiger partial charge < -0.3 is 36.4 Å². The van der Waals surface area contributed by atoms with Crippen LogP contribution in [-0.4, -0.2) is 73.7 Å². The van der Waals surface area contributed by atoms with Crippen molar-refractivity contribution in [3.8, 4) is 0 Å². The molecule has 0 aliphatic carbocycles. The van der Waals surface area contributed by atoms with E-state index in [-0.39, 0.29) is 0 Å². The number of hydrogen-bond acceptors (Lipinski definition) is 7. The zero-order chi connectivity index (χ0) is 14.7. The van der Waals surface area contributed by atoms with Gasteiger partial charge >= 0.3 is 0 Å². The molecule has 0 aromatic carbocycles. The number of primary amides is 1. The second-order valence-electron chi connectivity index (χ2n) is 4.75. The maximum atomic E-state index is 11.1. The van der Waals surface area contributed by atoms with Crippen molar-refractivity contribution in [1.29, 1.82) is 0 Å². The van der Waals surface area contributed by atoms with E-state index in [0.717, 1.165) is 0 Å². The first-order valence-electron chi connectivity index (χ1n) is 5.38. The van der Waals surface area contributed by atoms with Gasteiger partial charge in [-0.3, -0.25) is 4.79 Å². The molecule has 1 unspecified atom stereocenters. The molecule has 0 aliphatic heterocycles. The number of amides is 1. The van der Waals surface area contributed by atoms with E-state index in [1.54, 1.807) is 0 Å². The predicted octanol–water partition coefficient (Wildman–Crippen LogP) is -3.71. The summed E-state index contributed by atoms with van der Waals surface area (Å²) in [5.74, 6) is -0.904. The standard InChI is InChI=1S/C10H21NO7/c1-10(2,9(11)18)8(17)7(16)6(15)5(14)4(13)3-12/h4-8,12-17H,3H2,1-2H3,(H2,11,18)/t4-,5-,6+,7+,8?/m1/s1. The highest BCUT2D eigenvalue weighted by Crippen LogP contribution is 2.25. The Bertz CT molecular complexity index is 283. The summed E-state index contributed by atoms with van der Waals surface area (Å²) in [7, 11) is 0. The Hall–Kier alpha value is -0.770. The zero-order valence-electron chi connectivity index (χ0n) is 10.3. The highest BCUT2D eigenvalue weighted by molar-refractivity contribution is 5.80. The van der Waals surface area contributed by atoms with Gasteiger partial charge in [-0.15, -0.1) is 0 Å². The quantitative estimate of drug-likeness (QED) is 0.249. The van der Waals surface area contributed by atoms with Crippen LogP contribution < -0.4 is 5.73 Å². The lowest BCUT2D eigenvalue weighted by Gasteiger charge is -2.35. The van der Waals surface area contributed by atoms with Crippen LogP contribution in [0.5, 0.6) is 0 Å². The van der Waals surface area contributed by atoms with Gasteiger partial charge in [0.1, 0.15) is 24.4 Å². The molecule has 18 heavy (non-hydrogen) atoms. The Morgan fingerprint density at radius 1 is 1.06 bits per heavy atom. The summed E-state index contributed by atoms with van der Waals surface area (Å²) in [4.78, 5) is 11.1. The molecule has 0 radical (unpaired) electrons. The summed E-state index contributed by atoms with van der Waals surface area (Å²) in [6.45, 7) is 1.68. The minimum atomic E-state index is -1.94. The number of aliphatic hydroxyl groups is 6. The second kappa shape index (κ2) is 6.41. The van der Waals surface area contributed by atoms with Crippen LogP contribution in [-0.2, 0) is 4.79 Å². The fourth-order valence-electron chi connectivity index (χ4n) is 1.30. The summed E-state index contributed by atoms with van der Waals surface area (Å²) >= 11 is 0. The van der Waals surface area contributed by atoms with Crippen molar-refractivity contribution in [2.24, 2.45) is 11.1 Å². The number of carbonyl (C=O) groups is 1. The number of nitrogens with two attached hydrogens (primary N) is 1. The third kappa shape index (κ3) is 3.61. The molecule has 0 heterocycles. The highest BCUT2D eigenvalue weighted by Gasteiger charge is 2.43. The number of rotatable bonds is 7. The van der Waals surface area contributed by atoms with Crippen molar-refractivity contribution in [1.82, 2.24) is 0 Å². The van der Waals surface area contributed by atoms with Crippen LogP contribution in [0.25, 0.3) is 0 Å². The zero-order valence-corrected chi connectivity index (χ0v) is 10.3. The van der Waals surface area contributed by atoms with Crippen molar-refractivity contribution in [3.05, 3.63) is 0 Å². The smallest absolute Gasteiger partial charge is 0.225 e. The van der Waals surface area contributed by atoms with Gasteiger partial charge in [0.25, 0.3) is 0 Å². The average molecular weight is 267 g/mol. The SMILES string of the molecule is CC(C)(C(N)=O)C(O)[C@@H](O)[C@@H](O)[C@H](O)[C@H](O)CO. The van der Waals surface area contributed by atoms with Gasteiger partial charge in [0.2, 0.25) is 5.91 Å². The summed E-state index contributed by atoms with van der Waals surface area (Å²) in [5, 5.41) is 55.9. The minimum absolute atomic E-state index is 0.833. The van der Waals surface area contributed by atoms with Crippen molar-refractivity contribution in [2.45, 2.75) is 44.4 Å². The fourth-order valence-corrected chi connectivity index (χ4v) is 1.30. The maximum Gasteiger partial charge on any atom is 0.225 e. The minimum Gasteiger partial charge on any atom is -0.394 e. The van der Waals surface area contributed by atoms with Gasteiger partial charge in [-0.1, -0.05) is 0 Å². The normalized spacial score (nSPS) is 20.9. The molecule has 0 saturated carbocycles. The fraction of sp³-hybridized carbons (Fsp3) is 0.900. The second-order valence-corrected chi connectivity index (χ2v) is 4.75. The Morgan fingerprint density at radius 2 is 1.50 bits per heavy atom. The van der Waals surface area contributed by atoms with E-state index in [1.807, 2.05) is 0 Å². The van der Waals surface area contributed by atoms with E-state index in [9.17, 15) is 25.2 Å². The molecule has 108 valence electrons. The Balaban J connectivity index is 4.84. The molecule has 0 saturated heterocycles. The summed E-state index contributed by atoms with van der Waals surface area (Å²) in [5.41, 5.74) is 3.49. The van der Waals surface area contributed by atoms with E-state index in [4.69, 9.17) is 15.9 Å². The van der Waals surface area contributed by atoms with Gasteiger partial charge in [0.05, 0.1) is 18.1 Å². The summed E-state index contributed by atoms with van der Waals surface area (Å²) in [6.07, 6.45) is -9.16. The van der Waals surface area contributed by atoms with Crippen molar-refractivity contribution >= 4 is 5.91 Å². The molecule has 0 spiro atoms. The summed E-state index contributed by atoms with van der Waals surface area (Å²) in [6, 6.07) is 0. The molecule has 1 amide bonds. The van der Waals surface area contributed by atoms with Crippen molar-refractivity contribution in [3.63, 3.8) is 0 Å². The van der Waals surface area contributed by atoms with Crippen LogP contribution >= 0.6 is 0 Å². The lowest BCUT2D eigenvalue weighted by Crippen LogP contribution is -2.56. The van der Waals surface area contributed by atoms with Crippen LogP contribution in [0.15, 0.2) is 0 Å². The van der Waals surface area contributed by atoms with Gasteiger partial charge in [0.15, 0.2) is 0 Å². The Morgan fingerprint density at radius 3 is 1.83 bits per heavy atom. The van der Waals surface area contributed by atoms with E-state index < -0.39 is 48.4 Å². The van der Waals surface area contributed by atoms with E-state index in [2.05, 4.69) is 0 Å². The first-order valence-corrected chi connectivity index (χ1v) is 5.38. The molecule has 0 aromatic heterocycles. The van der Waals surface area contributed by atoms with Gasteiger partial charge in [-0.05, 0) is 13.8 Å². The predicted molar refractivity (Wildman–Crippen MR) is 60.1 cm³/mol. The molecule has 0 aliphatic rings. The molecule has 0 fully saturated rings. The molecular formula is C10H21NO7. The molecular weight excluding hydrogens is 246 g/mol. The van der Waals surface area contributed by atoms with E-state index >= 15 is 0 Å². The molecule has 8 heteroatoms. The van der Waals surface area contributed by atoms with Gasteiger partial charge in [-0.25, -0.2) is 0 Å². The molecule has 0 aromatic rings. The molecule has 5 atom stereocenters. The molecule has 8 nitrogen and oxygen atoms in total. The number of carbonyl (C=O) groups excluding carboxylic acids is 1. The van der Waals surface area contributed by atoms with Gasteiger partial charge in [0, 0.05) is 0 Å². The number of hydrogen-bond donors (Lipinski definition) is 7. The van der Waals surface area contributed by atoms with Crippen LogP contribution in [0, 0.1) is 5.41 Å². The average Bonchev–Trinajstić information content (AvgIpc) is 2.33. The first kappa shape index (κ1) is 17.2. The number of aliphatic hydroxyl groups excluding tert-OH is 6. The van der Waals surface area contributed by atoms with Crippen molar-refractivity contribution < 1.29 is 35.4 Å². The van der Waals surface area contributed by atoms with Crippen LogP contribution in [0.3, 0.4) is 0 Å². The lowest BCUT2D eigenvalue weighted by atomic mass is 9.80. The molecule has 0 bridgehead atoms. The lowest BCUT2D eigenvalue weighted by molar-refractivity contribution is -0.165. The molecule has 0 rings (SSSR count). The highest BCUT2D eigenvalue weighted by atomic mass is 16.4. The first-order chi connectivity index (χ1) is 8.07. The third-order valence-electron chi connectivity index (χ3n) is 2.98. The van der Waals surface area contributed by atoms with Crippen LogP contribution in [0.2, 0.25) is 0 Å². The Labute approximate surface area is 104 Å².